The first-order chi connectivity index (χ1) is 11.7. The molecule has 2 rings (SSSR count). The lowest BCUT2D eigenvalue weighted by Crippen LogP contribution is -2.43. The van der Waals surface area contributed by atoms with Gasteiger partial charge in [-0.15, -0.1) is 0 Å². The van der Waals surface area contributed by atoms with Crippen molar-refractivity contribution in [2.75, 3.05) is 32.8 Å². The number of rotatable bonds is 8. The zero-order valence-electron chi connectivity index (χ0n) is 14.7. The maximum atomic E-state index is 12.2. The summed E-state index contributed by atoms with van der Waals surface area (Å²) in [5.41, 5.74) is 1.07. The number of carbonyl (C=O) groups excluding carboxylic acids is 1. The van der Waals surface area contributed by atoms with Crippen LogP contribution in [0.5, 0.6) is 0 Å². The summed E-state index contributed by atoms with van der Waals surface area (Å²) in [6.07, 6.45) is 3.97. The molecule has 0 aromatic heterocycles. The van der Waals surface area contributed by atoms with Crippen molar-refractivity contribution in [3.8, 4) is 0 Å². The molecular formula is C19H31N3O2. The molecule has 1 heterocycles. The minimum Gasteiger partial charge on any atom is -0.396 e. The SMILES string of the molecule is CC1CCCN(CCNC(=O)NC(CCCO)c2ccccc2)C1. The number of piperidine rings is 1. The molecule has 0 saturated carbocycles. The number of aliphatic hydroxyl groups is 1. The normalized spacial score (nSPS) is 19.7. The summed E-state index contributed by atoms with van der Waals surface area (Å²) in [4.78, 5) is 14.6. The Hall–Kier alpha value is -1.59. The lowest BCUT2D eigenvalue weighted by molar-refractivity contribution is 0.183. The van der Waals surface area contributed by atoms with Gasteiger partial charge in [0.05, 0.1) is 6.04 Å². The molecule has 134 valence electrons. The minimum absolute atomic E-state index is 0.0617. The van der Waals surface area contributed by atoms with Crippen molar-refractivity contribution < 1.29 is 9.90 Å². The van der Waals surface area contributed by atoms with Gasteiger partial charge in [-0.3, -0.25) is 0 Å². The third-order valence-electron chi connectivity index (χ3n) is 4.61. The molecule has 0 bridgehead atoms. The lowest BCUT2D eigenvalue weighted by Gasteiger charge is -2.30. The van der Waals surface area contributed by atoms with Crippen LogP contribution in [0.15, 0.2) is 30.3 Å². The van der Waals surface area contributed by atoms with E-state index in [0.717, 1.165) is 37.5 Å². The number of carbonyl (C=O) groups is 1. The molecule has 5 nitrogen and oxygen atoms in total. The highest BCUT2D eigenvalue weighted by Gasteiger charge is 2.17. The number of nitrogens with one attached hydrogen (secondary N) is 2. The molecule has 0 spiro atoms. The summed E-state index contributed by atoms with van der Waals surface area (Å²) < 4.78 is 0. The van der Waals surface area contributed by atoms with E-state index in [9.17, 15) is 4.79 Å². The molecule has 2 amide bonds. The fourth-order valence-corrected chi connectivity index (χ4v) is 3.33. The van der Waals surface area contributed by atoms with Gasteiger partial charge in [0.15, 0.2) is 0 Å². The molecule has 3 N–H and O–H groups in total. The Morgan fingerprint density at radius 3 is 2.88 bits per heavy atom. The van der Waals surface area contributed by atoms with Gasteiger partial charge < -0.3 is 20.6 Å². The highest BCUT2D eigenvalue weighted by molar-refractivity contribution is 5.74. The molecular weight excluding hydrogens is 302 g/mol. The predicted molar refractivity (Wildman–Crippen MR) is 96.9 cm³/mol. The Morgan fingerprint density at radius 1 is 1.38 bits per heavy atom. The molecule has 1 saturated heterocycles. The van der Waals surface area contributed by atoms with Crippen molar-refractivity contribution in [3.63, 3.8) is 0 Å². The second-order valence-electron chi connectivity index (χ2n) is 6.78. The zero-order chi connectivity index (χ0) is 17.2. The smallest absolute Gasteiger partial charge is 0.315 e. The standard InChI is InChI=1S/C19H31N3O2/c1-16-7-5-12-22(15-16)13-11-20-19(24)21-18(10-6-14-23)17-8-3-2-4-9-17/h2-4,8-9,16,18,23H,5-7,10-15H2,1H3,(H2,20,21,24). The van der Waals surface area contributed by atoms with Gasteiger partial charge in [-0.1, -0.05) is 37.3 Å². The van der Waals surface area contributed by atoms with Crippen LogP contribution in [0.2, 0.25) is 0 Å². The van der Waals surface area contributed by atoms with Crippen LogP contribution in [0.25, 0.3) is 0 Å². The van der Waals surface area contributed by atoms with Gasteiger partial charge in [-0.05, 0) is 43.7 Å². The quantitative estimate of drug-likeness (QED) is 0.685. The number of hydrogen-bond donors (Lipinski definition) is 3. The maximum absolute atomic E-state index is 12.2. The van der Waals surface area contributed by atoms with E-state index in [0.29, 0.717) is 13.0 Å². The number of benzene rings is 1. The van der Waals surface area contributed by atoms with E-state index >= 15 is 0 Å². The molecule has 2 unspecified atom stereocenters. The highest BCUT2D eigenvalue weighted by atomic mass is 16.3. The van der Waals surface area contributed by atoms with E-state index in [1.165, 1.54) is 12.8 Å². The van der Waals surface area contributed by atoms with Crippen LogP contribution >= 0.6 is 0 Å². The Bertz CT molecular complexity index is 481. The lowest BCUT2D eigenvalue weighted by atomic mass is 10.0. The first kappa shape index (κ1) is 18.7. The predicted octanol–water partition coefficient (Wildman–Crippen LogP) is 2.53. The second-order valence-corrected chi connectivity index (χ2v) is 6.78. The minimum atomic E-state index is -0.133. The van der Waals surface area contributed by atoms with Crippen LogP contribution in [0, 0.1) is 5.92 Å². The van der Waals surface area contributed by atoms with Crippen LogP contribution in [-0.2, 0) is 0 Å². The summed E-state index contributed by atoms with van der Waals surface area (Å²) in [6, 6.07) is 9.73. The van der Waals surface area contributed by atoms with Gasteiger partial charge in [0.2, 0.25) is 0 Å². The van der Waals surface area contributed by atoms with E-state index in [1.54, 1.807) is 0 Å². The van der Waals surface area contributed by atoms with E-state index in [4.69, 9.17) is 5.11 Å². The Morgan fingerprint density at radius 2 is 2.17 bits per heavy atom. The second kappa shape index (κ2) is 10.3. The van der Waals surface area contributed by atoms with Crippen molar-refractivity contribution in [3.05, 3.63) is 35.9 Å². The van der Waals surface area contributed by atoms with Crippen molar-refractivity contribution >= 4 is 6.03 Å². The number of aliphatic hydroxyl groups excluding tert-OH is 1. The van der Waals surface area contributed by atoms with Gasteiger partial charge in [0.1, 0.15) is 0 Å². The molecule has 1 aliphatic heterocycles. The average Bonchev–Trinajstić information content (AvgIpc) is 2.59. The number of likely N-dealkylation sites (tertiary alicyclic amines) is 1. The van der Waals surface area contributed by atoms with Gasteiger partial charge in [-0.2, -0.15) is 0 Å². The molecule has 1 aromatic rings. The molecule has 1 fully saturated rings. The largest absolute Gasteiger partial charge is 0.396 e. The summed E-state index contributed by atoms with van der Waals surface area (Å²) in [5.74, 6) is 0.758. The van der Waals surface area contributed by atoms with Crippen LogP contribution in [0.3, 0.4) is 0 Å². The van der Waals surface area contributed by atoms with Gasteiger partial charge in [-0.25, -0.2) is 4.79 Å². The Labute approximate surface area is 145 Å². The summed E-state index contributed by atoms with van der Waals surface area (Å²) >= 11 is 0. The molecule has 5 heteroatoms. The number of urea groups is 1. The van der Waals surface area contributed by atoms with E-state index in [1.807, 2.05) is 30.3 Å². The van der Waals surface area contributed by atoms with Crippen LogP contribution in [-0.4, -0.2) is 48.8 Å². The molecule has 0 aliphatic carbocycles. The van der Waals surface area contributed by atoms with E-state index in [2.05, 4.69) is 22.5 Å². The Kier molecular flexibility index (Phi) is 8.05. The Balaban J connectivity index is 1.75. The number of amides is 2. The summed E-state index contributed by atoms with van der Waals surface area (Å²) in [6.45, 7) is 6.27. The van der Waals surface area contributed by atoms with E-state index in [-0.39, 0.29) is 18.7 Å². The fourth-order valence-electron chi connectivity index (χ4n) is 3.33. The topological polar surface area (TPSA) is 64.6 Å². The summed E-state index contributed by atoms with van der Waals surface area (Å²) in [7, 11) is 0. The summed E-state index contributed by atoms with van der Waals surface area (Å²) in [5, 5.41) is 15.1. The van der Waals surface area contributed by atoms with Crippen molar-refractivity contribution in [1.29, 1.82) is 0 Å². The van der Waals surface area contributed by atoms with Gasteiger partial charge >= 0.3 is 6.03 Å². The van der Waals surface area contributed by atoms with Gasteiger partial charge in [0.25, 0.3) is 0 Å². The monoisotopic (exact) mass is 333 g/mol. The van der Waals surface area contributed by atoms with E-state index < -0.39 is 0 Å². The molecule has 1 aromatic carbocycles. The van der Waals surface area contributed by atoms with Gasteiger partial charge in [0, 0.05) is 26.2 Å². The average molecular weight is 333 g/mol. The zero-order valence-corrected chi connectivity index (χ0v) is 14.7. The number of nitrogens with zero attached hydrogens (tertiary/aromatic N) is 1. The fraction of sp³-hybridized carbons (Fsp3) is 0.632. The van der Waals surface area contributed by atoms with Crippen molar-refractivity contribution in [2.24, 2.45) is 5.92 Å². The third-order valence-corrected chi connectivity index (χ3v) is 4.61. The third kappa shape index (κ3) is 6.49. The van der Waals surface area contributed by atoms with Crippen LogP contribution < -0.4 is 10.6 Å². The highest BCUT2D eigenvalue weighted by Crippen LogP contribution is 2.18. The van der Waals surface area contributed by atoms with Crippen LogP contribution in [0.1, 0.15) is 44.2 Å². The molecule has 0 radical (unpaired) electrons. The molecule has 24 heavy (non-hydrogen) atoms. The molecule has 1 aliphatic rings. The molecule has 2 atom stereocenters. The first-order valence-electron chi connectivity index (χ1n) is 9.11. The van der Waals surface area contributed by atoms with Crippen molar-refractivity contribution in [1.82, 2.24) is 15.5 Å². The maximum Gasteiger partial charge on any atom is 0.315 e. The first-order valence-corrected chi connectivity index (χ1v) is 9.11. The number of hydrogen-bond acceptors (Lipinski definition) is 3. The van der Waals surface area contributed by atoms with Crippen molar-refractivity contribution in [2.45, 2.75) is 38.6 Å². The van der Waals surface area contributed by atoms with Crippen LogP contribution in [0.4, 0.5) is 4.79 Å².